The zero-order valence-electron chi connectivity index (χ0n) is 20.8. The molecule has 186 valence electrons. The smallest absolute Gasteiger partial charge is 0.272 e. The van der Waals surface area contributed by atoms with Crippen LogP contribution in [0.2, 0.25) is 0 Å². The molecule has 0 unspecified atom stereocenters. The molecule has 4 rings (SSSR count). The van der Waals surface area contributed by atoms with Gasteiger partial charge in [0.1, 0.15) is 11.5 Å². The number of amides is 1. The molecule has 8 nitrogen and oxygen atoms in total. The lowest BCUT2D eigenvalue weighted by Crippen LogP contribution is -2.26. The highest BCUT2D eigenvalue weighted by Crippen LogP contribution is 2.34. The topological polar surface area (TPSA) is 83.8 Å². The maximum atomic E-state index is 13.3. The van der Waals surface area contributed by atoms with Crippen molar-refractivity contribution in [3.8, 4) is 39.8 Å². The van der Waals surface area contributed by atoms with E-state index in [1.807, 2.05) is 72.9 Å². The Morgan fingerprint density at radius 1 is 0.833 bits per heavy atom. The number of rotatable bonds is 10. The third-order valence-corrected chi connectivity index (χ3v) is 5.81. The molecule has 1 N–H and O–H groups in total. The molecule has 0 bridgehead atoms. The minimum Gasteiger partial charge on any atom is -0.497 e. The number of hydrogen-bond donors (Lipinski definition) is 1. The summed E-state index contributed by atoms with van der Waals surface area (Å²) in [5.74, 6) is 2.36. The van der Waals surface area contributed by atoms with Crippen LogP contribution in [0.4, 0.5) is 0 Å². The highest BCUT2D eigenvalue weighted by atomic mass is 16.5. The molecule has 0 aliphatic carbocycles. The van der Waals surface area contributed by atoms with Gasteiger partial charge in [-0.1, -0.05) is 24.3 Å². The molecular formula is C28H29N3O5. The fourth-order valence-electron chi connectivity index (χ4n) is 3.94. The van der Waals surface area contributed by atoms with Gasteiger partial charge in [-0.25, -0.2) is 4.68 Å². The van der Waals surface area contributed by atoms with E-state index in [9.17, 15) is 4.79 Å². The molecule has 0 aliphatic rings. The van der Waals surface area contributed by atoms with Gasteiger partial charge in [0.15, 0.2) is 17.2 Å². The Kier molecular flexibility index (Phi) is 7.75. The second kappa shape index (κ2) is 11.3. The van der Waals surface area contributed by atoms with Crippen molar-refractivity contribution in [3.63, 3.8) is 0 Å². The van der Waals surface area contributed by atoms with Crippen molar-refractivity contribution in [2.45, 2.75) is 6.42 Å². The zero-order chi connectivity index (χ0) is 25.5. The molecular weight excluding hydrogens is 458 g/mol. The third-order valence-electron chi connectivity index (χ3n) is 5.81. The largest absolute Gasteiger partial charge is 0.497 e. The van der Waals surface area contributed by atoms with E-state index in [1.165, 1.54) is 0 Å². The Morgan fingerprint density at radius 2 is 1.56 bits per heavy atom. The van der Waals surface area contributed by atoms with Crippen LogP contribution in [0.1, 0.15) is 16.1 Å². The van der Waals surface area contributed by atoms with Gasteiger partial charge >= 0.3 is 0 Å². The van der Waals surface area contributed by atoms with Crippen LogP contribution in [-0.4, -0.2) is 50.7 Å². The number of carbonyl (C=O) groups excluding carboxylic acids is 1. The van der Waals surface area contributed by atoms with E-state index in [2.05, 4.69) is 10.4 Å². The quantitative estimate of drug-likeness (QED) is 0.353. The first-order chi connectivity index (χ1) is 17.6. The van der Waals surface area contributed by atoms with Gasteiger partial charge in [-0.15, -0.1) is 0 Å². The fraction of sp³-hybridized carbons (Fsp3) is 0.214. The minimum atomic E-state index is -0.281. The van der Waals surface area contributed by atoms with E-state index < -0.39 is 0 Å². The molecule has 1 heterocycles. The van der Waals surface area contributed by atoms with E-state index in [-0.39, 0.29) is 5.91 Å². The number of nitrogens with zero attached hydrogens (tertiary/aromatic N) is 2. The van der Waals surface area contributed by atoms with Gasteiger partial charge in [0.25, 0.3) is 5.91 Å². The van der Waals surface area contributed by atoms with Crippen LogP contribution >= 0.6 is 0 Å². The summed E-state index contributed by atoms with van der Waals surface area (Å²) >= 11 is 0. The van der Waals surface area contributed by atoms with Gasteiger partial charge in [-0.05, 0) is 60.0 Å². The molecule has 0 radical (unpaired) electrons. The van der Waals surface area contributed by atoms with Crippen LogP contribution in [0.5, 0.6) is 23.0 Å². The summed E-state index contributed by atoms with van der Waals surface area (Å²) in [6, 6.07) is 20.8. The Balaban J connectivity index is 1.63. The van der Waals surface area contributed by atoms with Gasteiger partial charge in [0, 0.05) is 18.3 Å². The molecule has 3 aromatic carbocycles. The number of methoxy groups -OCH3 is 4. The molecule has 1 aromatic heterocycles. The summed E-state index contributed by atoms with van der Waals surface area (Å²) in [6.07, 6.45) is 2.41. The van der Waals surface area contributed by atoms with E-state index in [0.29, 0.717) is 35.7 Å². The first kappa shape index (κ1) is 24.7. The highest BCUT2D eigenvalue weighted by molar-refractivity contribution is 5.99. The molecule has 0 fully saturated rings. The summed E-state index contributed by atoms with van der Waals surface area (Å²) < 4.78 is 23.3. The second-order valence-electron chi connectivity index (χ2n) is 7.92. The number of nitrogens with one attached hydrogen (secondary N) is 1. The predicted molar refractivity (Wildman–Crippen MR) is 138 cm³/mol. The molecule has 0 spiro atoms. The zero-order valence-corrected chi connectivity index (χ0v) is 20.8. The van der Waals surface area contributed by atoms with E-state index in [1.54, 1.807) is 33.1 Å². The molecule has 0 atom stereocenters. The molecule has 4 aromatic rings. The van der Waals surface area contributed by atoms with Crippen LogP contribution in [-0.2, 0) is 6.42 Å². The lowest BCUT2D eigenvalue weighted by molar-refractivity contribution is 0.0949. The molecule has 1 amide bonds. The van der Waals surface area contributed by atoms with Crippen LogP contribution in [0.15, 0.2) is 72.9 Å². The van der Waals surface area contributed by atoms with Gasteiger partial charge in [0.05, 0.1) is 34.1 Å². The van der Waals surface area contributed by atoms with Crippen LogP contribution in [0, 0.1) is 0 Å². The van der Waals surface area contributed by atoms with Gasteiger partial charge in [0.2, 0.25) is 0 Å². The maximum Gasteiger partial charge on any atom is 0.272 e. The van der Waals surface area contributed by atoms with Crippen LogP contribution in [0.25, 0.3) is 16.8 Å². The number of benzene rings is 3. The van der Waals surface area contributed by atoms with E-state index in [4.69, 9.17) is 18.9 Å². The Morgan fingerprint density at radius 3 is 2.25 bits per heavy atom. The Hall–Kier alpha value is -4.46. The number of para-hydroxylation sites is 1. The van der Waals surface area contributed by atoms with Crippen molar-refractivity contribution in [1.82, 2.24) is 15.1 Å². The molecule has 0 saturated heterocycles. The summed E-state index contributed by atoms with van der Waals surface area (Å²) in [4.78, 5) is 13.3. The van der Waals surface area contributed by atoms with Crippen molar-refractivity contribution in [3.05, 3.63) is 84.2 Å². The van der Waals surface area contributed by atoms with Gasteiger partial charge in [-0.3, -0.25) is 4.79 Å². The monoisotopic (exact) mass is 487 g/mol. The fourth-order valence-corrected chi connectivity index (χ4v) is 3.94. The van der Waals surface area contributed by atoms with Gasteiger partial charge < -0.3 is 24.3 Å². The Bertz CT molecular complexity index is 1330. The van der Waals surface area contributed by atoms with Crippen molar-refractivity contribution in [1.29, 1.82) is 0 Å². The minimum absolute atomic E-state index is 0.281. The number of aromatic nitrogens is 2. The first-order valence-corrected chi connectivity index (χ1v) is 11.4. The van der Waals surface area contributed by atoms with E-state index >= 15 is 0 Å². The molecule has 0 saturated carbocycles. The molecule has 36 heavy (non-hydrogen) atoms. The SMILES string of the molecule is COc1ccc(OC)c(CCNC(=O)c2nn(-c3ccccc3)cc2-c2ccc(OC)c(OC)c2)c1. The average Bonchev–Trinajstić information content (AvgIpc) is 3.38. The normalized spacial score (nSPS) is 10.6. The lowest BCUT2D eigenvalue weighted by atomic mass is 10.1. The average molecular weight is 488 g/mol. The van der Waals surface area contributed by atoms with Gasteiger partial charge in [-0.2, -0.15) is 5.10 Å². The lowest BCUT2D eigenvalue weighted by Gasteiger charge is -2.11. The summed E-state index contributed by atoms with van der Waals surface area (Å²) in [5.41, 5.74) is 3.56. The van der Waals surface area contributed by atoms with Crippen molar-refractivity contribution >= 4 is 5.91 Å². The number of carbonyl (C=O) groups is 1. The summed E-state index contributed by atoms with van der Waals surface area (Å²) in [6.45, 7) is 0.395. The van der Waals surface area contributed by atoms with Crippen molar-refractivity contribution in [2.75, 3.05) is 35.0 Å². The van der Waals surface area contributed by atoms with Crippen LogP contribution < -0.4 is 24.3 Å². The molecule has 8 heteroatoms. The predicted octanol–water partition coefficient (Wildman–Crippen LogP) is 4.55. The first-order valence-electron chi connectivity index (χ1n) is 11.4. The Labute approximate surface area is 210 Å². The third kappa shape index (κ3) is 5.27. The summed E-state index contributed by atoms with van der Waals surface area (Å²) in [7, 11) is 6.40. The number of ether oxygens (including phenoxy) is 4. The van der Waals surface area contributed by atoms with Crippen molar-refractivity contribution < 1.29 is 23.7 Å². The van der Waals surface area contributed by atoms with Crippen molar-refractivity contribution in [2.24, 2.45) is 0 Å². The molecule has 0 aliphatic heterocycles. The van der Waals surface area contributed by atoms with E-state index in [0.717, 1.165) is 28.3 Å². The maximum absolute atomic E-state index is 13.3. The highest BCUT2D eigenvalue weighted by Gasteiger charge is 2.20. The summed E-state index contributed by atoms with van der Waals surface area (Å²) in [5, 5.41) is 7.62. The standard InChI is InChI=1S/C28H29N3O5/c1-33-22-11-13-24(34-2)20(16-22)14-15-29-28(32)27-23(18-31(30-27)21-8-6-5-7-9-21)19-10-12-25(35-3)26(17-19)36-4/h5-13,16-18H,14-15H2,1-4H3,(H,29,32). The second-order valence-corrected chi connectivity index (χ2v) is 7.92. The van der Waals surface area contributed by atoms with Crippen LogP contribution in [0.3, 0.4) is 0 Å². The number of hydrogen-bond acceptors (Lipinski definition) is 6.